The fraction of sp³-hybridized carbons (Fsp3) is 0.364. The predicted molar refractivity (Wildman–Crippen MR) is 114 cm³/mol. The molecule has 0 fully saturated rings. The molecule has 1 aliphatic rings. The Morgan fingerprint density at radius 2 is 1.93 bits per heavy atom. The molecule has 0 amide bonds. The zero-order chi connectivity index (χ0) is 20.7. The van der Waals surface area contributed by atoms with Crippen molar-refractivity contribution in [3.8, 4) is 11.5 Å². The zero-order valence-corrected chi connectivity index (χ0v) is 17.5. The molecule has 0 atom stereocenters. The Morgan fingerprint density at radius 1 is 1.17 bits per heavy atom. The first-order chi connectivity index (χ1) is 13.9. The van der Waals surface area contributed by atoms with Crippen molar-refractivity contribution in [1.29, 1.82) is 0 Å². The average Bonchev–Trinajstić information content (AvgIpc) is 3.06. The number of aromatic amines is 1. The maximum absolute atomic E-state index is 12.8. The third kappa shape index (κ3) is 3.42. The Hall–Kier alpha value is -3.06. The molecule has 0 aliphatic carbocycles. The van der Waals surface area contributed by atoms with Gasteiger partial charge in [0, 0.05) is 38.3 Å². The molecule has 4 rings (SSSR count). The van der Waals surface area contributed by atoms with Gasteiger partial charge in [0.25, 0.3) is 5.56 Å². The maximum Gasteiger partial charge on any atom is 0.260 e. The fourth-order valence-corrected chi connectivity index (χ4v) is 4.08. The van der Waals surface area contributed by atoms with Crippen LogP contribution in [0.3, 0.4) is 0 Å². The molecule has 7 heteroatoms. The van der Waals surface area contributed by atoms with Crippen molar-refractivity contribution < 1.29 is 9.47 Å². The molecule has 2 heterocycles. The van der Waals surface area contributed by atoms with Crippen LogP contribution in [0.4, 0.5) is 5.95 Å². The molecule has 3 aromatic rings. The number of aromatic nitrogens is 2. The van der Waals surface area contributed by atoms with Gasteiger partial charge in [-0.1, -0.05) is 18.2 Å². The van der Waals surface area contributed by atoms with Gasteiger partial charge in [0.05, 0.1) is 25.1 Å². The number of H-pyrrole nitrogens is 1. The Balaban J connectivity index is 1.69. The summed E-state index contributed by atoms with van der Waals surface area (Å²) in [7, 11) is 7.20. The molecule has 7 nitrogen and oxygen atoms in total. The van der Waals surface area contributed by atoms with Crippen molar-refractivity contribution in [3.63, 3.8) is 0 Å². The molecular weight excluding hydrogens is 368 g/mol. The highest BCUT2D eigenvalue weighted by Gasteiger charge is 2.18. The molecule has 0 saturated heterocycles. The molecule has 1 aromatic heterocycles. The van der Waals surface area contributed by atoms with E-state index in [1.807, 2.05) is 18.9 Å². The Kier molecular flexibility index (Phi) is 4.92. The van der Waals surface area contributed by atoms with E-state index in [2.05, 4.69) is 40.1 Å². The molecule has 152 valence electrons. The van der Waals surface area contributed by atoms with Gasteiger partial charge in [0.15, 0.2) is 11.5 Å². The number of ether oxygens (including phenoxy) is 2. The topological polar surface area (TPSA) is 70.7 Å². The molecule has 1 aliphatic heterocycles. The van der Waals surface area contributed by atoms with E-state index in [1.165, 1.54) is 16.7 Å². The third-order valence-corrected chi connectivity index (χ3v) is 5.50. The van der Waals surface area contributed by atoms with Gasteiger partial charge in [-0.2, -0.15) is 0 Å². The van der Waals surface area contributed by atoms with Crippen molar-refractivity contribution in [3.05, 3.63) is 56.9 Å². The van der Waals surface area contributed by atoms with Crippen LogP contribution >= 0.6 is 0 Å². The lowest BCUT2D eigenvalue weighted by molar-refractivity contribution is 0.353. The number of anilines is 1. The Morgan fingerprint density at radius 3 is 2.66 bits per heavy atom. The highest BCUT2D eigenvalue weighted by molar-refractivity contribution is 5.86. The smallest absolute Gasteiger partial charge is 0.260 e. The molecule has 0 bridgehead atoms. The van der Waals surface area contributed by atoms with Gasteiger partial charge in [-0.3, -0.25) is 14.7 Å². The normalized spacial score (nSPS) is 13.6. The van der Waals surface area contributed by atoms with Gasteiger partial charge in [-0.05, 0) is 30.7 Å². The number of methoxy groups -OCH3 is 2. The molecule has 0 saturated carbocycles. The fourth-order valence-electron chi connectivity index (χ4n) is 4.08. The average molecular weight is 394 g/mol. The van der Waals surface area contributed by atoms with Gasteiger partial charge in [0.2, 0.25) is 5.95 Å². The van der Waals surface area contributed by atoms with Crippen LogP contribution in [-0.4, -0.2) is 43.2 Å². The van der Waals surface area contributed by atoms with Gasteiger partial charge < -0.3 is 14.4 Å². The summed E-state index contributed by atoms with van der Waals surface area (Å²) in [6.07, 6.45) is 0. The third-order valence-electron chi connectivity index (χ3n) is 5.50. The maximum atomic E-state index is 12.8. The molecule has 2 aromatic carbocycles. The lowest BCUT2D eigenvalue weighted by atomic mass is 10.1. The second kappa shape index (κ2) is 7.40. The first kappa shape index (κ1) is 19.3. The first-order valence-electron chi connectivity index (χ1n) is 9.57. The number of rotatable bonds is 5. The van der Waals surface area contributed by atoms with Crippen molar-refractivity contribution >= 4 is 16.9 Å². The first-order valence-corrected chi connectivity index (χ1v) is 9.57. The van der Waals surface area contributed by atoms with Gasteiger partial charge in [-0.15, -0.1) is 0 Å². The Bertz CT molecular complexity index is 1140. The van der Waals surface area contributed by atoms with Crippen molar-refractivity contribution in [1.82, 2.24) is 14.9 Å². The summed E-state index contributed by atoms with van der Waals surface area (Å²) in [6, 6.07) is 8.33. The van der Waals surface area contributed by atoms with Crippen LogP contribution in [0.25, 0.3) is 10.9 Å². The zero-order valence-electron chi connectivity index (χ0n) is 17.5. The SMILES string of the molecule is COc1cc2nc(N(C)Cc3ccc4c(c3)CN(C)C4)[nH]c(=O)c2c(C)c1OC. The van der Waals surface area contributed by atoms with E-state index < -0.39 is 0 Å². The van der Waals surface area contributed by atoms with E-state index in [0.717, 1.165) is 13.1 Å². The minimum atomic E-state index is -0.189. The Labute approximate surface area is 169 Å². The van der Waals surface area contributed by atoms with Crippen molar-refractivity contribution in [2.24, 2.45) is 0 Å². The summed E-state index contributed by atoms with van der Waals surface area (Å²) < 4.78 is 10.8. The summed E-state index contributed by atoms with van der Waals surface area (Å²) >= 11 is 0. The highest BCUT2D eigenvalue weighted by Crippen LogP contribution is 2.35. The van der Waals surface area contributed by atoms with Crippen molar-refractivity contribution in [2.75, 3.05) is 33.2 Å². The van der Waals surface area contributed by atoms with E-state index in [1.54, 1.807) is 20.3 Å². The summed E-state index contributed by atoms with van der Waals surface area (Å²) in [4.78, 5) is 24.7. The standard InChI is InChI=1S/C22H26N4O3/c1-13-19-17(9-18(28-4)20(13)29-5)23-22(24-21(19)27)26(3)10-14-6-7-15-11-25(2)12-16(15)8-14/h6-9H,10-12H2,1-5H3,(H,23,24,27). The number of fused-ring (bicyclic) bond motifs is 2. The number of nitrogens with zero attached hydrogens (tertiary/aromatic N) is 3. The monoisotopic (exact) mass is 394 g/mol. The molecular formula is C22H26N4O3. The number of nitrogens with one attached hydrogen (secondary N) is 1. The van der Waals surface area contributed by atoms with Gasteiger partial charge in [-0.25, -0.2) is 4.98 Å². The van der Waals surface area contributed by atoms with Crippen LogP contribution in [0.2, 0.25) is 0 Å². The molecule has 29 heavy (non-hydrogen) atoms. The molecule has 0 unspecified atom stereocenters. The number of benzene rings is 2. The second-order valence-corrected chi connectivity index (χ2v) is 7.65. The summed E-state index contributed by atoms with van der Waals surface area (Å²) in [5, 5.41) is 0.514. The summed E-state index contributed by atoms with van der Waals surface area (Å²) in [5.41, 5.74) is 5.05. The minimum Gasteiger partial charge on any atom is -0.493 e. The van der Waals surface area contributed by atoms with Gasteiger partial charge in [0.1, 0.15) is 0 Å². The molecule has 0 radical (unpaired) electrons. The van der Waals surface area contributed by atoms with Crippen LogP contribution < -0.4 is 19.9 Å². The largest absolute Gasteiger partial charge is 0.493 e. The van der Waals surface area contributed by atoms with Crippen LogP contribution in [0.5, 0.6) is 11.5 Å². The van der Waals surface area contributed by atoms with E-state index >= 15 is 0 Å². The van der Waals surface area contributed by atoms with E-state index in [4.69, 9.17) is 9.47 Å². The predicted octanol–water partition coefficient (Wildman–Crippen LogP) is 2.83. The number of aryl methyl sites for hydroxylation is 1. The van der Waals surface area contributed by atoms with E-state index in [-0.39, 0.29) is 5.56 Å². The van der Waals surface area contributed by atoms with E-state index in [9.17, 15) is 4.79 Å². The molecule has 0 spiro atoms. The summed E-state index contributed by atoms with van der Waals surface area (Å²) in [5.74, 6) is 1.63. The van der Waals surface area contributed by atoms with Crippen molar-refractivity contribution in [2.45, 2.75) is 26.6 Å². The van der Waals surface area contributed by atoms with Gasteiger partial charge >= 0.3 is 0 Å². The lowest BCUT2D eigenvalue weighted by Crippen LogP contribution is -2.23. The van der Waals surface area contributed by atoms with Crippen LogP contribution in [-0.2, 0) is 19.6 Å². The second-order valence-electron chi connectivity index (χ2n) is 7.65. The summed E-state index contributed by atoms with van der Waals surface area (Å²) in [6.45, 7) is 4.46. The lowest BCUT2D eigenvalue weighted by Gasteiger charge is -2.19. The minimum absolute atomic E-state index is 0.189. The highest BCUT2D eigenvalue weighted by atomic mass is 16.5. The molecule has 1 N–H and O–H groups in total. The van der Waals surface area contributed by atoms with Crippen LogP contribution in [0, 0.1) is 6.92 Å². The van der Waals surface area contributed by atoms with Crippen LogP contribution in [0.1, 0.15) is 22.3 Å². The number of hydrogen-bond acceptors (Lipinski definition) is 6. The quantitative estimate of drug-likeness (QED) is 0.718. The van der Waals surface area contributed by atoms with Crippen LogP contribution in [0.15, 0.2) is 29.1 Å². The van der Waals surface area contributed by atoms with E-state index in [0.29, 0.717) is 40.5 Å². The number of hydrogen-bond donors (Lipinski definition) is 1.